The second-order valence-electron chi connectivity index (χ2n) is 8.79. The second kappa shape index (κ2) is 8.81. The summed E-state index contributed by atoms with van der Waals surface area (Å²) in [6.45, 7) is 6.05. The minimum absolute atomic E-state index is 0.0415. The van der Waals surface area contributed by atoms with E-state index in [0.717, 1.165) is 4.90 Å². The van der Waals surface area contributed by atoms with Gasteiger partial charge in [0.25, 0.3) is 0 Å². The maximum atomic E-state index is 11.1. The average molecular weight is 495 g/mol. The number of nitrogens with zero attached hydrogens (tertiary/aromatic N) is 4. The summed E-state index contributed by atoms with van der Waals surface area (Å²) in [5, 5.41) is 21.0. The Balaban J connectivity index is 1.63. The van der Waals surface area contributed by atoms with Gasteiger partial charge in [-0.15, -0.1) is 0 Å². The van der Waals surface area contributed by atoms with Gasteiger partial charge in [0.05, 0.1) is 18.1 Å². The van der Waals surface area contributed by atoms with Crippen molar-refractivity contribution in [3.63, 3.8) is 0 Å². The lowest BCUT2D eigenvalue weighted by Gasteiger charge is -2.18. The van der Waals surface area contributed by atoms with E-state index in [1.165, 1.54) is 28.3 Å². The Morgan fingerprint density at radius 2 is 1.97 bits per heavy atom. The molecule has 178 valence electrons. The third kappa shape index (κ3) is 5.28. The normalized spacial score (nSPS) is 21.7. The number of fused-ring (bicyclic) bond motifs is 1. The van der Waals surface area contributed by atoms with Crippen molar-refractivity contribution in [3.8, 4) is 0 Å². The quantitative estimate of drug-likeness (QED) is 0.459. The largest absolute Gasteiger partial charge is 0.390 e. The van der Waals surface area contributed by atoms with Gasteiger partial charge in [0.1, 0.15) is 23.3 Å². The van der Waals surface area contributed by atoms with Gasteiger partial charge in [0, 0.05) is 11.3 Å². The van der Waals surface area contributed by atoms with E-state index in [9.17, 15) is 13.5 Å². The molecule has 0 spiro atoms. The number of nitrogen functional groups attached to an aromatic ring is 1. The van der Waals surface area contributed by atoms with E-state index in [4.69, 9.17) is 15.6 Å². The fourth-order valence-corrected chi connectivity index (χ4v) is 4.79. The predicted octanol–water partition coefficient (Wildman–Crippen LogP) is 1.73. The maximum Gasteiger partial charge on any atom is 0.333 e. The standard InChI is InChI=1S/C20H26N6O5S2/c1-20(2,3)11-4-6-12(7-5-11)32-19-16-17(21)23-10-24-18(16)26(25-19)15-8-13(27)14(31-15)9-30-33(22,28)29/h4-7,10,13-15,27H,8-9H2,1-3H3,(H2,21,23,24)(H2,22,28,29)/t13-,14+,15+/m0/s1. The van der Waals surface area contributed by atoms with E-state index in [-0.39, 0.29) is 17.7 Å². The first-order valence-corrected chi connectivity index (χ1v) is 12.5. The number of aromatic nitrogens is 4. The van der Waals surface area contributed by atoms with Crippen molar-refractivity contribution in [2.75, 3.05) is 12.3 Å². The number of hydrogen-bond donors (Lipinski definition) is 3. The molecule has 2 aromatic heterocycles. The van der Waals surface area contributed by atoms with Crippen molar-refractivity contribution >= 4 is 38.9 Å². The van der Waals surface area contributed by atoms with E-state index in [0.29, 0.717) is 16.1 Å². The fourth-order valence-electron chi connectivity index (χ4n) is 3.55. The SMILES string of the molecule is CC(C)(C)c1ccc(Sc2nn([C@H]3C[C@H](O)[C@@H](COS(N)(=O)=O)O3)c3ncnc(N)c23)cc1. The third-order valence-electron chi connectivity index (χ3n) is 5.29. The summed E-state index contributed by atoms with van der Waals surface area (Å²) in [5.74, 6) is 0.271. The number of benzene rings is 1. The van der Waals surface area contributed by atoms with Crippen LogP contribution in [0, 0.1) is 0 Å². The Kier molecular flexibility index (Phi) is 6.37. The summed E-state index contributed by atoms with van der Waals surface area (Å²) in [6.07, 6.45) is -1.09. The van der Waals surface area contributed by atoms with Crippen molar-refractivity contribution in [3.05, 3.63) is 36.2 Å². The first-order valence-electron chi connectivity index (χ1n) is 10.2. The summed E-state index contributed by atoms with van der Waals surface area (Å²) in [6, 6.07) is 8.20. The minimum Gasteiger partial charge on any atom is -0.390 e. The van der Waals surface area contributed by atoms with Crippen molar-refractivity contribution in [1.29, 1.82) is 0 Å². The highest BCUT2D eigenvalue weighted by molar-refractivity contribution is 7.99. The molecule has 0 radical (unpaired) electrons. The molecule has 0 aliphatic carbocycles. The third-order valence-corrected chi connectivity index (χ3v) is 6.75. The molecule has 13 heteroatoms. The lowest BCUT2D eigenvalue weighted by molar-refractivity contribution is -0.0415. The Labute approximate surface area is 195 Å². The average Bonchev–Trinajstić information content (AvgIpc) is 3.27. The minimum atomic E-state index is -4.15. The van der Waals surface area contributed by atoms with Crippen LogP contribution in [0.25, 0.3) is 11.0 Å². The van der Waals surface area contributed by atoms with Crippen LogP contribution in [0.3, 0.4) is 0 Å². The number of anilines is 1. The zero-order chi connectivity index (χ0) is 24.0. The summed E-state index contributed by atoms with van der Waals surface area (Å²) in [4.78, 5) is 9.37. The Morgan fingerprint density at radius 1 is 1.27 bits per heavy atom. The van der Waals surface area contributed by atoms with Gasteiger partial charge in [-0.1, -0.05) is 44.7 Å². The number of ether oxygens (including phenoxy) is 1. The number of hydrogen-bond acceptors (Lipinski definition) is 10. The van der Waals surface area contributed by atoms with Gasteiger partial charge in [-0.25, -0.2) is 19.8 Å². The molecule has 1 aliphatic heterocycles. The topological polar surface area (TPSA) is 168 Å². The first-order chi connectivity index (χ1) is 15.4. The van der Waals surface area contributed by atoms with Crippen LogP contribution in [-0.4, -0.2) is 52.1 Å². The molecule has 1 aliphatic rings. The Bertz CT molecular complexity index is 1260. The highest BCUT2D eigenvalue weighted by atomic mass is 32.2. The van der Waals surface area contributed by atoms with Gasteiger partial charge in [-0.3, -0.25) is 4.18 Å². The molecule has 0 bridgehead atoms. The van der Waals surface area contributed by atoms with E-state index < -0.39 is 35.3 Å². The molecule has 1 aromatic carbocycles. The number of aliphatic hydroxyl groups is 1. The molecule has 4 rings (SSSR count). The highest BCUT2D eigenvalue weighted by Crippen LogP contribution is 2.38. The highest BCUT2D eigenvalue weighted by Gasteiger charge is 2.38. The lowest BCUT2D eigenvalue weighted by Crippen LogP contribution is -2.30. The van der Waals surface area contributed by atoms with Gasteiger partial charge in [-0.05, 0) is 23.1 Å². The predicted molar refractivity (Wildman–Crippen MR) is 123 cm³/mol. The number of nitrogens with two attached hydrogens (primary N) is 2. The molecule has 3 atom stereocenters. The molecule has 0 saturated carbocycles. The summed E-state index contributed by atoms with van der Waals surface area (Å²) < 4.78 is 34.1. The van der Waals surface area contributed by atoms with E-state index in [2.05, 4.69) is 52.2 Å². The van der Waals surface area contributed by atoms with Crippen LogP contribution in [0.15, 0.2) is 40.5 Å². The van der Waals surface area contributed by atoms with Gasteiger partial charge in [-0.2, -0.15) is 13.5 Å². The lowest BCUT2D eigenvalue weighted by atomic mass is 9.87. The van der Waals surface area contributed by atoms with Crippen LogP contribution in [0.4, 0.5) is 5.82 Å². The van der Waals surface area contributed by atoms with Gasteiger partial charge in [0.2, 0.25) is 0 Å². The van der Waals surface area contributed by atoms with Gasteiger partial charge < -0.3 is 15.6 Å². The number of rotatable bonds is 6. The van der Waals surface area contributed by atoms with Crippen LogP contribution in [-0.2, 0) is 24.6 Å². The zero-order valence-electron chi connectivity index (χ0n) is 18.4. The molecule has 11 nitrogen and oxygen atoms in total. The monoisotopic (exact) mass is 494 g/mol. The van der Waals surface area contributed by atoms with E-state index in [1.807, 2.05) is 12.1 Å². The Hall–Kier alpha value is -2.29. The molecule has 33 heavy (non-hydrogen) atoms. The molecule has 3 aromatic rings. The smallest absolute Gasteiger partial charge is 0.333 e. The van der Waals surface area contributed by atoms with Crippen molar-refractivity contribution in [2.24, 2.45) is 5.14 Å². The maximum absolute atomic E-state index is 11.1. The van der Waals surface area contributed by atoms with E-state index in [1.54, 1.807) is 0 Å². The van der Waals surface area contributed by atoms with E-state index >= 15 is 0 Å². The number of aliphatic hydroxyl groups excluding tert-OH is 1. The molecule has 0 amide bonds. The van der Waals surface area contributed by atoms with Crippen molar-refractivity contribution in [1.82, 2.24) is 19.7 Å². The molecule has 5 N–H and O–H groups in total. The molecular weight excluding hydrogens is 468 g/mol. The van der Waals surface area contributed by atoms with Crippen LogP contribution < -0.4 is 10.9 Å². The second-order valence-corrected chi connectivity index (χ2v) is 11.1. The molecule has 1 fully saturated rings. The first kappa shape index (κ1) is 23.9. The van der Waals surface area contributed by atoms with Gasteiger partial charge in [0.15, 0.2) is 11.9 Å². The summed E-state index contributed by atoms with van der Waals surface area (Å²) >= 11 is 1.41. The van der Waals surface area contributed by atoms with Crippen LogP contribution in [0.1, 0.15) is 39.0 Å². The Morgan fingerprint density at radius 3 is 2.61 bits per heavy atom. The van der Waals surface area contributed by atoms with Crippen LogP contribution in [0.5, 0.6) is 0 Å². The molecule has 3 heterocycles. The molecule has 0 unspecified atom stereocenters. The fraction of sp³-hybridized carbons (Fsp3) is 0.450. The van der Waals surface area contributed by atoms with Crippen molar-refractivity contribution in [2.45, 2.75) is 61.0 Å². The van der Waals surface area contributed by atoms with Crippen LogP contribution in [0.2, 0.25) is 0 Å². The zero-order valence-corrected chi connectivity index (χ0v) is 20.0. The van der Waals surface area contributed by atoms with Gasteiger partial charge >= 0.3 is 10.3 Å². The summed E-state index contributed by atoms with van der Waals surface area (Å²) in [7, 11) is -4.15. The van der Waals surface area contributed by atoms with Crippen molar-refractivity contribution < 1.29 is 22.4 Å². The molecular formula is C20H26N6O5S2. The summed E-state index contributed by atoms with van der Waals surface area (Å²) in [5.41, 5.74) is 7.85. The van der Waals surface area contributed by atoms with Crippen LogP contribution >= 0.6 is 11.8 Å². The molecule has 1 saturated heterocycles.